The molecule has 31 heavy (non-hydrogen) atoms. The van der Waals surface area contributed by atoms with Crippen molar-refractivity contribution in [3.05, 3.63) is 94.5 Å². The number of carbonyl (C=O) groups excluding carboxylic acids is 2. The van der Waals surface area contributed by atoms with Crippen LogP contribution in [0.2, 0.25) is 0 Å². The number of rotatable bonds is 6. The second-order valence-corrected chi connectivity index (χ2v) is 7.93. The summed E-state index contributed by atoms with van der Waals surface area (Å²) < 4.78 is 5.27. The van der Waals surface area contributed by atoms with Gasteiger partial charge in [0.1, 0.15) is 5.75 Å². The first-order valence-corrected chi connectivity index (χ1v) is 10.4. The van der Waals surface area contributed by atoms with Gasteiger partial charge in [-0.15, -0.1) is 0 Å². The fourth-order valence-electron chi connectivity index (χ4n) is 3.97. The van der Waals surface area contributed by atoms with Crippen LogP contribution >= 0.6 is 0 Å². The number of fused-ring (bicyclic) bond motifs is 1. The summed E-state index contributed by atoms with van der Waals surface area (Å²) in [6.07, 6.45) is 0.166. The van der Waals surface area contributed by atoms with Crippen molar-refractivity contribution in [2.75, 3.05) is 12.4 Å². The van der Waals surface area contributed by atoms with Gasteiger partial charge in [-0.2, -0.15) is 0 Å². The van der Waals surface area contributed by atoms with Crippen molar-refractivity contribution in [1.82, 2.24) is 4.90 Å². The van der Waals surface area contributed by atoms with Gasteiger partial charge in [0.05, 0.1) is 19.6 Å². The Labute approximate surface area is 182 Å². The molecule has 0 aromatic heterocycles. The van der Waals surface area contributed by atoms with E-state index in [9.17, 15) is 9.59 Å². The molecule has 1 heterocycles. The molecule has 0 fully saturated rings. The van der Waals surface area contributed by atoms with Crippen molar-refractivity contribution in [2.24, 2.45) is 0 Å². The number of nitrogens with zero attached hydrogens (tertiary/aromatic N) is 1. The van der Waals surface area contributed by atoms with E-state index in [4.69, 9.17) is 4.74 Å². The molecule has 158 valence electrons. The van der Waals surface area contributed by atoms with Gasteiger partial charge < -0.3 is 15.0 Å². The molecule has 1 atom stereocenters. The third kappa shape index (κ3) is 4.31. The van der Waals surface area contributed by atoms with Gasteiger partial charge in [0.2, 0.25) is 5.91 Å². The van der Waals surface area contributed by atoms with Crippen LogP contribution in [0, 0.1) is 13.8 Å². The zero-order chi connectivity index (χ0) is 22.0. The topological polar surface area (TPSA) is 58.6 Å². The summed E-state index contributed by atoms with van der Waals surface area (Å²) in [5, 5.41) is 2.99. The average Bonchev–Trinajstić information content (AvgIpc) is 3.11. The predicted molar refractivity (Wildman–Crippen MR) is 121 cm³/mol. The molecule has 0 aliphatic carbocycles. The fourth-order valence-corrected chi connectivity index (χ4v) is 3.97. The van der Waals surface area contributed by atoms with Crippen LogP contribution < -0.4 is 10.1 Å². The van der Waals surface area contributed by atoms with Gasteiger partial charge in [0.15, 0.2) is 0 Å². The largest absolute Gasteiger partial charge is 0.497 e. The molecule has 4 rings (SSSR count). The van der Waals surface area contributed by atoms with E-state index in [0.717, 1.165) is 28.1 Å². The molecule has 1 N–H and O–H groups in total. The lowest BCUT2D eigenvalue weighted by atomic mass is 10.0. The monoisotopic (exact) mass is 414 g/mol. The minimum atomic E-state index is -0.377. The fraction of sp³-hybridized carbons (Fsp3) is 0.231. The summed E-state index contributed by atoms with van der Waals surface area (Å²) in [5.41, 5.74) is 5.65. The van der Waals surface area contributed by atoms with Crippen LogP contribution in [-0.4, -0.2) is 23.8 Å². The van der Waals surface area contributed by atoms with Crippen molar-refractivity contribution in [3.8, 4) is 5.75 Å². The number of amides is 2. The first-order chi connectivity index (χ1) is 15.0. The number of anilines is 1. The normalized spacial score (nSPS) is 13.6. The number of aryl methyl sites for hydroxylation is 2. The molecule has 0 radical (unpaired) electrons. The zero-order valence-corrected chi connectivity index (χ0v) is 18.0. The number of ether oxygens (including phenoxy) is 1. The van der Waals surface area contributed by atoms with E-state index in [1.165, 1.54) is 5.56 Å². The summed E-state index contributed by atoms with van der Waals surface area (Å²) in [5.74, 6) is 0.557. The van der Waals surface area contributed by atoms with E-state index < -0.39 is 0 Å². The maximum Gasteiger partial charge on any atom is 0.255 e. The molecule has 0 saturated carbocycles. The number of hydrogen-bond donors (Lipinski definition) is 1. The molecule has 0 bridgehead atoms. The molecule has 1 aliphatic heterocycles. The Morgan fingerprint density at radius 2 is 1.77 bits per heavy atom. The first kappa shape index (κ1) is 20.7. The smallest absolute Gasteiger partial charge is 0.255 e. The summed E-state index contributed by atoms with van der Waals surface area (Å²) >= 11 is 0. The molecular weight excluding hydrogens is 388 g/mol. The van der Waals surface area contributed by atoms with Crippen molar-refractivity contribution in [2.45, 2.75) is 32.9 Å². The Morgan fingerprint density at radius 1 is 1.03 bits per heavy atom. The Morgan fingerprint density at radius 3 is 2.45 bits per heavy atom. The molecule has 0 spiro atoms. The van der Waals surface area contributed by atoms with E-state index in [2.05, 4.69) is 5.32 Å². The molecule has 5 nitrogen and oxygen atoms in total. The maximum atomic E-state index is 13.1. The minimum Gasteiger partial charge on any atom is -0.497 e. The van der Waals surface area contributed by atoms with Crippen LogP contribution in [-0.2, 0) is 11.3 Å². The SMILES string of the molecule is COc1ccc([C@@H](CC(=O)Nc2ccc(C)c(C)c2)N2Cc3ccccc3C2=O)cc1. The standard InChI is InChI=1S/C26H26N2O3/c1-17-8-11-21(14-18(17)2)27-25(29)15-24(19-9-12-22(31-3)13-10-19)28-16-20-6-4-5-7-23(20)26(28)30/h4-14,24H,15-16H2,1-3H3,(H,27,29)/t24-/m1/s1. The van der Waals surface area contributed by atoms with Crippen molar-refractivity contribution in [1.29, 1.82) is 0 Å². The van der Waals surface area contributed by atoms with Gasteiger partial charge in [0, 0.05) is 17.8 Å². The van der Waals surface area contributed by atoms with Crippen LogP contribution in [0.25, 0.3) is 0 Å². The molecule has 0 unspecified atom stereocenters. The third-order valence-corrected chi connectivity index (χ3v) is 5.90. The van der Waals surface area contributed by atoms with Crippen LogP contribution in [0.15, 0.2) is 66.7 Å². The van der Waals surface area contributed by atoms with E-state index in [0.29, 0.717) is 12.1 Å². The Bertz CT molecular complexity index is 1120. The number of methoxy groups -OCH3 is 1. The minimum absolute atomic E-state index is 0.0459. The van der Waals surface area contributed by atoms with Crippen LogP contribution in [0.1, 0.15) is 45.1 Å². The highest BCUT2D eigenvalue weighted by Crippen LogP contribution is 2.34. The van der Waals surface area contributed by atoms with Crippen LogP contribution in [0.5, 0.6) is 5.75 Å². The summed E-state index contributed by atoms with van der Waals surface area (Å²) in [6, 6.07) is 20.7. The molecule has 3 aromatic rings. The first-order valence-electron chi connectivity index (χ1n) is 10.4. The lowest BCUT2D eigenvalue weighted by Crippen LogP contribution is -2.32. The van der Waals surface area contributed by atoms with Crippen LogP contribution in [0.4, 0.5) is 5.69 Å². The zero-order valence-electron chi connectivity index (χ0n) is 18.0. The lowest BCUT2D eigenvalue weighted by molar-refractivity contribution is -0.117. The summed E-state index contributed by atoms with van der Waals surface area (Å²) in [6.45, 7) is 4.55. The number of hydrogen-bond acceptors (Lipinski definition) is 3. The Kier molecular flexibility index (Phi) is 5.76. The highest BCUT2D eigenvalue weighted by molar-refractivity contribution is 5.99. The average molecular weight is 415 g/mol. The van der Waals surface area contributed by atoms with Crippen molar-refractivity contribution >= 4 is 17.5 Å². The highest BCUT2D eigenvalue weighted by atomic mass is 16.5. The number of nitrogens with one attached hydrogen (secondary N) is 1. The molecule has 0 saturated heterocycles. The van der Waals surface area contributed by atoms with E-state index in [1.54, 1.807) is 12.0 Å². The molecular formula is C26H26N2O3. The second kappa shape index (κ2) is 8.64. The van der Waals surface area contributed by atoms with E-state index in [-0.39, 0.29) is 24.3 Å². The van der Waals surface area contributed by atoms with Gasteiger partial charge in [0.25, 0.3) is 5.91 Å². The molecule has 1 aliphatic rings. The Hall–Kier alpha value is -3.60. The van der Waals surface area contributed by atoms with Gasteiger partial charge >= 0.3 is 0 Å². The summed E-state index contributed by atoms with van der Waals surface area (Å²) in [4.78, 5) is 27.9. The molecule has 5 heteroatoms. The third-order valence-electron chi connectivity index (χ3n) is 5.90. The van der Waals surface area contributed by atoms with Crippen LogP contribution in [0.3, 0.4) is 0 Å². The predicted octanol–water partition coefficient (Wildman–Crippen LogP) is 5.04. The number of benzene rings is 3. The number of carbonyl (C=O) groups is 2. The lowest BCUT2D eigenvalue weighted by Gasteiger charge is -2.28. The van der Waals surface area contributed by atoms with Gasteiger partial charge in [-0.05, 0) is 66.4 Å². The van der Waals surface area contributed by atoms with Gasteiger partial charge in [-0.3, -0.25) is 9.59 Å². The van der Waals surface area contributed by atoms with E-state index in [1.807, 2.05) is 80.6 Å². The van der Waals surface area contributed by atoms with E-state index >= 15 is 0 Å². The molecule has 2 amide bonds. The van der Waals surface area contributed by atoms with Gasteiger partial charge in [-0.1, -0.05) is 36.4 Å². The second-order valence-electron chi connectivity index (χ2n) is 7.93. The van der Waals surface area contributed by atoms with Crippen molar-refractivity contribution < 1.29 is 14.3 Å². The Balaban J connectivity index is 1.60. The molecule has 3 aromatic carbocycles. The summed E-state index contributed by atoms with van der Waals surface area (Å²) in [7, 11) is 1.62. The maximum absolute atomic E-state index is 13.1. The highest BCUT2D eigenvalue weighted by Gasteiger charge is 2.34. The van der Waals surface area contributed by atoms with Gasteiger partial charge in [-0.25, -0.2) is 0 Å². The quantitative estimate of drug-likeness (QED) is 0.615. The van der Waals surface area contributed by atoms with Crippen molar-refractivity contribution in [3.63, 3.8) is 0 Å².